The highest BCUT2D eigenvalue weighted by atomic mass is 16.2. The average molecular weight is 250 g/mol. The van der Waals surface area contributed by atoms with Crippen molar-refractivity contribution < 1.29 is 4.79 Å². The van der Waals surface area contributed by atoms with Gasteiger partial charge in [-0.15, -0.1) is 0 Å². The average Bonchev–Trinajstić information content (AvgIpc) is 2.48. The highest BCUT2D eigenvalue weighted by molar-refractivity contribution is 5.94. The second kappa shape index (κ2) is 6.36. The second-order valence-electron chi connectivity index (χ2n) is 4.17. The number of nitriles is 1. The van der Waals surface area contributed by atoms with E-state index in [0.29, 0.717) is 12.1 Å². The van der Waals surface area contributed by atoms with Crippen LogP contribution in [0.15, 0.2) is 60.7 Å². The number of rotatable bonds is 4. The molecule has 0 unspecified atom stereocenters. The van der Waals surface area contributed by atoms with E-state index in [2.05, 4.69) is 0 Å². The molecule has 3 nitrogen and oxygen atoms in total. The van der Waals surface area contributed by atoms with Crippen molar-refractivity contribution in [2.45, 2.75) is 6.54 Å². The van der Waals surface area contributed by atoms with Crippen LogP contribution in [0, 0.1) is 11.3 Å². The monoisotopic (exact) mass is 250 g/mol. The van der Waals surface area contributed by atoms with E-state index in [0.717, 1.165) is 5.56 Å². The van der Waals surface area contributed by atoms with E-state index in [9.17, 15) is 4.79 Å². The van der Waals surface area contributed by atoms with E-state index in [1.54, 1.807) is 17.0 Å². The summed E-state index contributed by atoms with van der Waals surface area (Å²) in [7, 11) is 0. The number of benzene rings is 2. The maximum Gasteiger partial charge on any atom is 0.255 e. The molecule has 0 N–H and O–H groups in total. The molecule has 0 saturated heterocycles. The molecule has 1 amide bonds. The molecule has 0 radical (unpaired) electrons. The molecule has 0 aliphatic heterocycles. The Hall–Kier alpha value is -2.60. The zero-order valence-corrected chi connectivity index (χ0v) is 10.5. The molecule has 0 atom stereocenters. The van der Waals surface area contributed by atoms with Gasteiger partial charge in [-0.1, -0.05) is 48.5 Å². The van der Waals surface area contributed by atoms with Gasteiger partial charge in [0.05, 0.1) is 6.07 Å². The van der Waals surface area contributed by atoms with Crippen LogP contribution in [-0.2, 0) is 6.54 Å². The first-order valence-electron chi connectivity index (χ1n) is 6.06. The van der Waals surface area contributed by atoms with Crippen molar-refractivity contribution in [3.8, 4) is 6.07 Å². The molecule has 19 heavy (non-hydrogen) atoms. The molecule has 2 aromatic rings. The van der Waals surface area contributed by atoms with Crippen molar-refractivity contribution in [1.82, 2.24) is 4.90 Å². The van der Waals surface area contributed by atoms with Gasteiger partial charge in [-0.25, -0.2) is 0 Å². The van der Waals surface area contributed by atoms with E-state index in [-0.39, 0.29) is 12.5 Å². The first-order chi connectivity index (χ1) is 9.31. The summed E-state index contributed by atoms with van der Waals surface area (Å²) in [5.41, 5.74) is 1.62. The van der Waals surface area contributed by atoms with E-state index in [4.69, 9.17) is 5.26 Å². The third-order valence-corrected chi connectivity index (χ3v) is 2.79. The third kappa shape index (κ3) is 3.43. The maximum absolute atomic E-state index is 12.3. The van der Waals surface area contributed by atoms with Crippen LogP contribution in [0.2, 0.25) is 0 Å². The Bertz CT molecular complexity index is 573. The molecule has 0 fully saturated rings. The van der Waals surface area contributed by atoms with Crippen molar-refractivity contribution in [2.75, 3.05) is 6.54 Å². The van der Waals surface area contributed by atoms with Gasteiger partial charge in [0.15, 0.2) is 0 Å². The molecule has 0 heterocycles. The lowest BCUT2D eigenvalue weighted by atomic mass is 10.1. The Morgan fingerprint density at radius 2 is 1.58 bits per heavy atom. The van der Waals surface area contributed by atoms with Crippen molar-refractivity contribution in [3.05, 3.63) is 71.8 Å². The van der Waals surface area contributed by atoms with Crippen LogP contribution in [0.3, 0.4) is 0 Å². The SMILES string of the molecule is N#CCN(Cc1ccccc1)C(=O)c1ccccc1. The molecule has 2 rings (SSSR count). The number of amides is 1. The Labute approximate surface area is 112 Å². The molecule has 0 bridgehead atoms. The van der Waals surface area contributed by atoms with Crippen LogP contribution in [-0.4, -0.2) is 17.4 Å². The van der Waals surface area contributed by atoms with Crippen LogP contribution in [0.1, 0.15) is 15.9 Å². The zero-order valence-electron chi connectivity index (χ0n) is 10.5. The van der Waals surface area contributed by atoms with E-state index in [1.165, 1.54) is 0 Å². The quantitative estimate of drug-likeness (QED) is 0.783. The van der Waals surface area contributed by atoms with Crippen LogP contribution >= 0.6 is 0 Å². The predicted octanol–water partition coefficient (Wildman–Crippen LogP) is 2.85. The summed E-state index contributed by atoms with van der Waals surface area (Å²) in [4.78, 5) is 13.9. The lowest BCUT2D eigenvalue weighted by Gasteiger charge is -2.19. The minimum atomic E-state index is -0.119. The van der Waals surface area contributed by atoms with Crippen molar-refractivity contribution in [1.29, 1.82) is 5.26 Å². The molecule has 3 heteroatoms. The molecule has 0 spiro atoms. The fourth-order valence-corrected chi connectivity index (χ4v) is 1.85. The van der Waals surface area contributed by atoms with Crippen LogP contribution in [0.5, 0.6) is 0 Å². The van der Waals surface area contributed by atoms with Gasteiger partial charge in [-0.05, 0) is 17.7 Å². The minimum Gasteiger partial charge on any atom is -0.321 e. The Balaban J connectivity index is 2.17. The fraction of sp³-hybridized carbons (Fsp3) is 0.125. The first kappa shape index (κ1) is 12.8. The molecule has 94 valence electrons. The van der Waals surface area contributed by atoms with Gasteiger partial charge in [-0.3, -0.25) is 4.79 Å². The van der Waals surface area contributed by atoms with Gasteiger partial charge in [0.1, 0.15) is 6.54 Å². The normalized spacial score (nSPS) is 9.63. The fourth-order valence-electron chi connectivity index (χ4n) is 1.85. The molecular weight excluding hydrogens is 236 g/mol. The zero-order chi connectivity index (χ0) is 13.5. The largest absolute Gasteiger partial charge is 0.321 e. The Kier molecular flexibility index (Phi) is 4.30. The van der Waals surface area contributed by atoms with Crippen LogP contribution in [0.4, 0.5) is 0 Å². The number of carbonyl (C=O) groups is 1. The lowest BCUT2D eigenvalue weighted by molar-refractivity contribution is 0.0765. The topological polar surface area (TPSA) is 44.1 Å². The molecule has 0 aliphatic carbocycles. The van der Waals surface area contributed by atoms with Crippen LogP contribution in [0.25, 0.3) is 0 Å². The maximum atomic E-state index is 12.3. The van der Waals surface area contributed by atoms with Gasteiger partial charge in [0.25, 0.3) is 5.91 Å². The molecule has 0 aliphatic rings. The predicted molar refractivity (Wildman–Crippen MR) is 73.2 cm³/mol. The summed E-state index contributed by atoms with van der Waals surface area (Å²) in [6.45, 7) is 0.532. The van der Waals surface area contributed by atoms with Gasteiger partial charge in [-0.2, -0.15) is 5.26 Å². The van der Waals surface area contributed by atoms with Crippen LogP contribution < -0.4 is 0 Å². The molecular formula is C16H14N2O. The standard InChI is InChI=1S/C16H14N2O/c17-11-12-18(13-14-7-3-1-4-8-14)16(19)15-9-5-2-6-10-15/h1-10H,12-13H2. The van der Waals surface area contributed by atoms with Crippen molar-refractivity contribution in [2.24, 2.45) is 0 Å². The van der Waals surface area contributed by atoms with Gasteiger partial charge < -0.3 is 4.90 Å². The Morgan fingerprint density at radius 1 is 1.00 bits per heavy atom. The number of carbonyl (C=O) groups excluding carboxylic acids is 1. The second-order valence-corrected chi connectivity index (χ2v) is 4.17. The molecule has 0 aromatic heterocycles. The smallest absolute Gasteiger partial charge is 0.255 e. The third-order valence-electron chi connectivity index (χ3n) is 2.79. The lowest BCUT2D eigenvalue weighted by Crippen LogP contribution is -2.30. The molecule has 0 saturated carbocycles. The number of nitrogens with zero attached hydrogens (tertiary/aromatic N) is 2. The Morgan fingerprint density at radius 3 is 2.16 bits per heavy atom. The summed E-state index contributed by atoms with van der Waals surface area (Å²) in [6, 6.07) is 20.7. The number of hydrogen-bond acceptors (Lipinski definition) is 2. The first-order valence-corrected chi connectivity index (χ1v) is 6.06. The van der Waals surface area contributed by atoms with E-state index >= 15 is 0 Å². The van der Waals surface area contributed by atoms with Gasteiger partial charge >= 0.3 is 0 Å². The summed E-state index contributed by atoms with van der Waals surface area (Å²) >= 11 is 0. The van der Waals surface area contributed by atoms with Crippen molar-refractivity contribution >= 4 is 5.91 Å². The minimum absolute atomic E-state index is 0.0859. The summed E-state index contributed by atoms with van der Waals surface area (Å²) in [5, 5.41) is 8.87. The summed E-state index contributed by atoms with van der Waals surface area (Å²) in [6.07, 6.45) is 0. The number of hydrogen-bond donors (Lipinski definition) is 0. The summed E-state index contributed by atoms with van der Waals surface area (Å²) < 4.78 is 0. The van der Waals surface area contributed by atoms with Crippen molar-refractivity contribution in [3.63, 3.8) is 0 Å². The van der Waals surface area contributed by atoms with E-state index < -0.39 is 0 Å². The van der Waals surface area contributed by atoms with Gasteiger partial charge in [0, 0.05) is 12.1 Å². The van der Waals surface area contributed by atoms with E-state index in [1.807, 2.05) is 54.6 Å². The highest BCUT2D eigenvalue weighted by Crippen LogP contribution is 2.09. The molecule has 2 aromatic carbocycles. The highest BCUT2D eigenvalue weighted by Gasteiger charge is 2.15. The summed E-state index contributed by atoms with van der Waals surface area (Å²) in [5.74, 6) is -0.119. The van der Waals surface area contributed by atoms with Gasteiger partial charge in [0.2, 0.25) is 0 Å².